The van der Waals surface area contributed by atoms with E-state index in [2.05, 4.69) is 0 Å². The third-order valence-corrected chi connectivity index (χ3v) is 1.82. The molecule has 0 aliphatic heterocycles. The molecule has 0 saturated carbocycles. The van der Waals surface area contributed by atoms with E-state index in [-0.39, 0.29) is 5.03 Å². The van der Waals surface area contributed by atoms with Gasteiger partial charge in [-0.15, -0.1) is 0 Å². The topological polar surface area (TPSA) is 85.3 Å². The lowest BCUT2D eigenvalue weighted by molar-refractivity contribution is 0.248. The highest BCUT2D eigenvalue weighted by atomic mass is 32.2. The minimum absolute atomic E-state index is 0.0162. The van der Waals surface area contributed by atoms with E-state index >= 15 is 0 Å². The molecule has 1 atom stereocenters. The van der Waals surface area contributed by atoms with E-state index in [1.165, 1.54) is 18.3 Å². The molecule has 0 fully saturated rings. The van der Waals surface area contributed by atoms with Crippen molar-refractivity contribution in [3.05, 3.63) is 18.3 Å². The summed E-state index contributed by atoms with van der Waals surface area (Å²) in [5, 5.41) is -0.0162. The van der Waals surface area contributed by atoms with Crippen molar-refractivity contribution < 1.29 is 13.6 Å². The van der Waals surface area contributed by atoms with Crippen LogP contribution < -0.4 is 5.73 Å². The van der Waals surface area contributed by atoms with Crippen molar-refractivity contribution in [2.75, 3.05) is 0 Å². The molecule has 3 N–H and O–H groups in total. The van der Waals surface area contributed by atoms with Crippen molar-refractivity contribution in [3.63, 3.8) is 0 Å². The van der Waals surface area contributed by atoms with E-state index in [0.717, 1.165) is 4.57 Å². The Balaban J connectivity index is 3.16. The van der Waals surface area contributed by atoms with E-state index in [0.29, 0.717) is 0 Å². The fourth-order valence-electron chi connectivity index (χ4n) is 0.690. The number of rotatable bonds is 1. The number of hydrogen-bond donors (Lipinski definition) is 2. The fourth-order valence-corrected chi connectivity index (χ4v) is 1.20. The zero-order valence-electron chi connectivity index (χ0n) is 5.43. The zero-order valence-corrected chi connectivity index (χ0v) is 6.25. The van der Waals surface area contributed by atoms with Gasteiger partial charge in [-0.2, -0.15) is 0 Å². The van der Waals surface area contributed by atoms with Crippen LogP contribution in [0.25, 0.3) is 0 Å². The molecule has 0 bridgehead atoms. The Morgan fingerprint density at radius 3 is 2.73 bits per heavy atom. The Labute approximate surface area is 65.1 Å². The van der Waals surface area contributed by atoms with Crippen LogP contribution in [-0.2, 0) is 11.1 Å². The second kappa shape index (κ2) is 2.85. The van der Waals surface area contributed by atoms with E-state index in [1.807, 2.05) is 0 Å². The van der Waals surface area contributed by atoms with Gasteiger partial charge in [-0.05, 0) is 12.1 Å². The van der Waals surface area contributed by atoms with Gasteiger partial charge in [-0.25, -0.2) is 9.00 Å². The zero-order chi connectivity index (χ0) is 8.43. The van der Waals surface area contributed by atoms with Crippen LogP contribution in [0.15, 0.2) is 23.4 Å². The number of carbonyl (C=O) groups excluding carboxylic acids is 1. The Kier molecular flexibility index (Phi) is 2.06. The van der Waals surface area contributed by atoms with E-state index in [9.17, 15) is 9.00 Å². The molecule has 0 aromatic carbocycles. The van der Waals surface area contributed by atoms with Gasteiger partial charge in [0.15, 0.2) is 0 Å². The number of aromatic nitrogens is 1. The number of nitrogens with zero attached hydrogens (tertiary/aromatic N) is 1. The molecule has 0 radical (unpaired) electrons. The van der Waals surface area contributed by atoms with Gasteiger partial charge < -0.3 is 10.3 Å². The largest absolute Gasteiger partial charge is 0.351 e. The Bertz CT molecular complexity index is 278. The van der Waals surface area contributed by atoms with Gasteiger partial charge >= 0.3 is 6.03 Å². The highest BCUT2D eigenvalue weighted by Gasteiger charge is 2.08. The monoisotopic (exact) mass is 174 g/mol. The average molecular weight is 174 g/mol. The smallest absolute Gasteiger partial charge is 0.323 e. The molecular weight excluding hydrogens is 168 g/mol. The molecule has 1 rings (SSSR count). The van der Waals surface area contributed by atoms with Crippen LogP contribution in [0, 0.1) is 0 Å². The molecular formula is C5H6N2O3S. The van der Waals surface area contributed by atoms with Gasteiger partial charge in [-0.1, -0.05) is 0 Å². The quantitative estimate of drug-likeness (QED) is 0.587. The van der Waals surface area contributed by atoms with Crippen LogP contribution >= 0.6 is 0 Å². The normalized spacial score (nSPS) is 12.8. The Morgan fingerprint density at radius 2 is 2.36 bits per heavy atom. The minimum atomic E-state index is -2.17. The number of hydrogen-bond acceptors (Lipinski definition) is 2. The first-order valence-corrected chi connectivity index (χ1v) is 3.81. The van der Waals surface area contributed by atoms with E-state index in [1.54, 1.807) is 0 Å². The molecule has 0 saturated heterocycles. The van der Waals surface area contributed by atoms with Crippen LogP contribution in [0.3, 0.4) is 0 Å². The van der Waals surface area contributed by atoms with Crippen molar-refractivity contribution in [1.29, 1.82) is 0 Å². The van der Waals surface area contributed by atoms with Crippen LogP contribution in [0.4, 0.5) is 4.79 Å². The summed E-state index contributed by atoms with van der Waals surface area (Å²) >= 11 is -2.17. The highest BCUT2D eigenvalue weighted by Crippen LogP contribution is 2.04. The van der Waals surface area contributed by atoms with E-state index in [4.69, 9.17) is 10.3 Å². The Hall–Kier alpha value is -1.14. The molecule has 11 heavy (non-hydrogen) atoms. The second-order valence-electron chi connectivity index (χ2n) is 1.80. The van der Waals surface area contributed by atoms with Gasteiger partial charge in [0.05, 0.1) is 0 Å². The number of primary amides is 1. The van der Waals surface area contributed by atoms with E-state index < -0.39 is 17.1 Å². The maximum Gasteiger partial charge on any atom is 0.323 e. The van der Waals surface area contributed by atoms with Gasteiger partial charge in [0.2, 0.25) is 11.1 Å². The number of nitrogens with two attached hydrogens (primary N) is 1. The first kappa shape index (κ1) is 7.96. The van der Waals surface area contributed by atoms with Crippen molar-refractivity contribution in [2.24, 2.45) is 5.73 Å². The van der Waals surface area contributed by atoms with Crippen LogP contribution in [0.1, 0.15) is 0 Å². The molecule has 5 nitrogen and oxygen atoms in total. The molecule has 0 spiro atoms. The SMILES string of the molecule is NC(=O)n1cccc1S(=O)O. The highest BCUT2D eigenvalue weighted by molar-refractivity contribution is 7.79. The maximum absolute atomic E-state index is 10.5. The summed E-state index contributed by atoms with van der Waals surface area (Å²) < 4.78 is 20.0. The molecule has 0 aliphatic carbocycles. The summed E-state index contributed by atoms with van der Waals surface area (Å²) in [5.74, 6) is 0. The number of carbonyl (C=O) groups is 1. The van der Waals surface area contributed by atoms with Gasteiger partial charge in [0, 0.05) is 6.20 Å². The minimum Gasteiger partial charge on any atom is -0.351 e. The molecule has 1 unspecified atom stereocenters. The lowest BCUT2D eigenvalue weighted by Crippen LogP contribution is -2.20. The van der Waals surface area contributed by atoms with Gasteiger partial charge in [-0.3, -0.25) is 4.57 Å². The lowest BCUT2D eigenvalue weighted by atomic mass is 10.7. The van der Waals surface area contributed by atoms with Crippen LogP contribution in [0.2, 0.25) is 0 Å². The van der Waals surface area contributed by atoms with Crippen molar-refractivity contribution >= 4 is 17.1 Å². The summed E-state index contributed by atoms with van der Waals surface area (Å²) in [6.45, 7) is 0. The fraction of sp³-hybridized carbons (Fsp3) is 0. The summed E-state index contributed by atoms with van der Waals surface area (Å²) in [4.78, 5) is 10.5. The number of amides is 1. The van der Waals surface area contributed by atoms with Crippen molar-refractivity contribution in [2.45, 2.75) is 5.03 Å². The lowest BCUT2D eigenvalue weighted by Gasteiger charge is -1.98. The third-order valence-electron chi connectivity index (χ3n) is 1.13. The standard InChI is InChI=1S/C5H6N2O3S/c6-5(8)7-3-1-2-4(7)11(9)10/h1-3H,(H2,6,8)(H,9,10). The second-order valence-corrected chi connectivity index (χ2v) is 2.72. The summed E-state index contributed by atoms with van der Waals surface area (Å²) in [6, 6.07) is 2.04. The van der Waals surface area contributed by atoms with Crippen molar-refractivity contribution in [1.82, 2.24) is 4.57 Å². The predicted octanol–water partition coefficient (Wildman–Crippen LogP) is -0.00450. The molecule has 1 amide bonds. The molecule has 1 aromatic rings. The first-order chi connectivity index (χ1) is 5.13. The van der Waals surface area contributed by atoms with Crippen LogP contribution in [-0.4, -0.2) is 19.4 Å². The summed E-state index contributed by atoms with van der Waals surface area (Å²) in [6.07, 6.45) is 1.33. The van der Waals surface area contributed by atoms with Gasteiger partial charge in [0.1, 0.15) is 5.03 Å². The summed E-state index contributed by atoms with van der Waals surface area (Å²) in [5.41, 5.74) is 4.88. The maximum atomic E-state index is 10.5. The Morgan fingerprint density at radius 1 is 1.73 bits per heavy atom. The summed E-state index contributed by atoms with van der Waals surface area (Å²) in [7, 11) is 0. The molecule has 60 valence electrons. The third kappa shape index (κ3) is 1.47. The predicted molar refractivity (Wildman–Crippen MR) is 38.5 cm³/mol. The average Bonchev–Trinajstić information content (AvgIpc) is 2.32. The molecule has 0 aliphatic rings. The van der Waals surface area contributed by atoms with Gasteiger partial charge in [0.25, 0.3) is 0 Å². The van der Waals surface area contributed by atoms with Crippen molar-refractivity contribution in [3.8, 4) is 0 Å². The van der Waals surface area contributed by atoms with Crippen LogP contribution in [0.5, 0.6) is 0 Å². The molecule has 6 heteroatoms. The first-order valence-electron chi connectivity index (χ1n) is 2.71. The molecule has 1 heterocycles. The molecule has 1 aromatic heterocycles.